The molecule has 176 valence electrons. The highest BCUT2D eigenvalue weighted by Crippen LogP contribution is 2.29. The van der Waals surface area contributed by atoms with Crippen LogP contribution in [0.4, 0.5) is 19.0 Å². The Labute approximate surface area is 189 Å². The first kappa shape index (κ1) is 22.9. The van der Waals surface area contributed by atoms with Crippen molar-refractivity contribution in [1.29, 1.82) is 0 Å². The van der Waals surface area contributed by atoms with E-state index in [2.05, 4.69) is 4.98 Å². The van der Waals surface area contributed by atoms with E-state index in [4.69, 9.17) is 0 Å². The van der Waals surface area contributed by atoms with E-state index in [0.29, 0.717) is 45.1 Å². The highest BCUT2D eigenvalue weighted by Gasteiger charge is 2.31. The van der Waals surface area contributed by atoms with E-state index in [1.165, 1.54) is 6.07 Å². The third kappa shape index (κ3) is 4.74. The smallest absolute Gasteiger partial charge is 0.353 e. The van der Waals surface area contributed by atoms with Crippen LogP contribution in [0, 0.1) is 0 Å². The molecule has 10 heteroatoms. The van der Waals surface area contributed by atoms with E-state index in [0.717, 1.165) is 29.7 Å². The number of amides is 1. The summed E-state index contributed by atoms with van der Waals surface area (Å²) in [5, 5.41) is 0. The van der Waals surface area contributed by atoms with Crippen molar-refractivity contribution in [3.8, 4) is 0 Å². The molecule has 3 heterocycles. The highest BCUT2D eigenvalue weighted by molar-refractivity contribution is 5.78. The Morgan fingerprint density at radius 2 is 1.61 bits per heavy atom. The number of nitrogens with zero attached hydrogens (tertiary/aromatic N) is 5. The maximum Gasteiger partial charge on any atom is 0.417 e. The number of aromatic nitrogens is 3. The largest absolute Gasteiger partial charge is 0.417 e. The fourth-order valence-corrected chi connectivity index (χ4v) is 4.22. The second-order valence-corrected chi connectivity index (χ2v) is 8.10. The molecular formula is C23H26F3N5O2. The summed E-state index contributed by atoms with van der Waals surface area (Å²) in [5.41, 5.74) is 0.802. The van der Waals surface area contributed by atoms with Gasteiger partial charge < -0.3 is 9.80 Å². The Morgan fingerprint density at radius 3 is 2.15 bits per heavy atom. The molecule has 1 aromatic carbocycles. The number of anilines is 1. The van der Waals surface area contributed by atoms with Gasteiger partial charge in [0.25, 0.3) is 0 Å². The van der Waals surface area contributed by atoms with Gasteiger partial charge in [-0.15, -0.1) is 0 Å². The molecule has 0 atom stereocenters. The number of carbonyl (C=O) groups excluding carboxylic acids is 1. The van der Waals surface area contributed by atoms with Crippen LogP contribution < -0.4 is 10.6 Å². The minimum Gasteiger partial charge on any atom is -0.353 e. The average molecular weight is 461 g/mol. The van der Waals surface area contributed by atoms with Crippen molar-refractivity contribution in [1.82, 2.24) is 19.0 Å². The van der Waals surface area contributed by atoms with Crippen molar-refractivity contribution in [2.75, 3.05) is 31.1 Å². The summed E-state index contributed by atoms with van der Waals surface area (Å²) in [6.45, 7) is 4.82. The molecule has 0 N–H and O–H groups in total. The van der Waals surface area contributed by atoms with Gasteiger partial charge in [0.05, 0.1) is 16.6 Å². The number of imidazole rings is 1. The average Bonchev–Trinajstić information content (AvgIpc) is 3.08. The van der Waals surface area contributed by atoms with Crippen LogP contribution in [-0.2, 0) is 24.1 Å². The Kier molecular flexibility index (Phi) is 6.44. The van der Waals surface area contributed by atoms with Crippen LogP contribution in [0.15, 0.2) is 47.4 Å². The van der Waals surface area contributed by atoms with Crippen molar-refractivity contribution in [2.45, 2.75) is 39.0 Å². The molecule has 33 heavy (non-hydrogen) atoms. The number of hydrogen-bond donors (Lipinski definition) is 0. The molecule has 0 radical (unpaired) electrons. The number of piperazine rings is 1. The van der Waals surface area contributed by atoms with E-state index in [1.807, 2.05) is 36.1 Å². The molecule has 0 aliphatic carbocycles. The molecule has 4 rings (SSSR count). The van der Waals surface area contributed by atoms with Crippen molar-refractivity contribution in [2.24, 2.45) is 0 Å². The summed E-state index contributed by atoms with van der Waals surface area (Å²) in [4.78, 5) is 33.2. The zero-order chi connectivity index (χ0) is 23.6. The summed E-state index contributed by atoms with van der Waals surface area (Å²) >= 11 is 0. The van der Waals surface area contributed by atoms with Gasteiger partial charge in [-0.1, -0.05) is 19.1 Å². The van der Waals surface area contributed by atoms with Crippen LogP contribution in [0.2, 0.25) is 0 Å². The van der Waals surface area contributed by atoms with Gasteiger partial charge in [0, 0.05) is 51.9 Å². The summed E-state index contributed by atoms with van der Waals surface area (Å²) in [6, 6.07) is 9.97. The lowest BCUT2D eigenvalue weighted by molar-refractivity contribution is -0.138. The molecule has 0 spiro atoms. The molecule has 1 aliphatic rings. The van der Waals surface area contributed by atoms with Gasteiger partial charge in [-0.3, -0.25) is 13.9 Å². The van der Waals surface area contributed by atoms with Gasteiger partial charge in [0.15, 0.2) is 0 Å². The Bertz CT molecular complexity index is 1180. The van der Waals surface area contributed by atoms with Gasteiger partial charge in [-0.05, 0) is 30.7 Å². The van der Waals surface area contributed by atoms with E-state index in [1.54, 1.807) is 14.0 Å². The van der Waals surface area contributed by atoms with Crippen LogP contribution in [0.5, 0.6) is 0 Å². The third-order valence-corrected chi connectivity index (χ3v) is 5.95. The topological polar surface area (TPSA) is 63.4 Å². The zero-order valence-corrected chi connectivity index (χ0v) is 18.4. The summed E-state index contributed by atoms with van der Waals surface area (Å²) in [6.07, 6.45) is -2.54. The van der Waals surface area contributed by atoms with E-state index in [-0.39, 0.29) is 18.0 Å². The van der Waals surface area contributed by atoms with Crippen LogP contribution in [0.25, 0.3) is 11.0 Å². The van der Waals surface area contributed by atoms with Crippen LogP contribution >= 0.6 is 0 Å². The van der Waals surface area contributed by atoms with E-state index >= 15 is 0 Å². The quantitative estimate of drug-likeness (QED) is 0.565. The zero-order valence-electron chi connectivity index (χ0n) is 18.4. The van der Waals surface area contributed by atoms with Crippen molar-refractivity contribution in [3.63, 3.8) is 0 Å². The first-order valence-corrected chi connectivity index (χ1v) is 11.0. The second kappa shape index (κ2) is 9.29. The van der Waals surface area contributed by atoms with Crippen LogP contribution in [0.3, 0.4) is 0 Å². The maximum absolute atomic E-state index is 12.9. The van der Waals surface area contributed by atoms with Crippen LogP contribution in [-0.4, -0.2) is 51.1 Å². The molecule has 0 unspecified atom stereocenters. The molecule has 0 saturated carbocycles. The number of hydrogen-bond acceptors (Lipinski definition) is 4. The molecule has 7 nitrogen and oxygen atoms in total. The number of rotatable bonds is 6. The summed E-state index contributed by atoms with van der Waals surface area (Å²) < 4.78 is 41.6. The third-order valence-electron chi connectivity index (χ3n) is 5.95. The number of aryl methyl sites for hydroxylation is 2. The van der Waals surface area contributed by atoms with E-state index in [9.17, 15) is 22.8 Å². The normalized spacial score (nSPS) is 14.8. The number of benzene rings is 1. The fraction of sp³-hybridized carbons (Fsp3) is 0.435. The monoisotopic (exact) mass is 461 g/mol. The Morgan fingerprint density at radius 1 is 0.970 bits per heavy atom. The summed E-state index contributed by atoms with van der Waals surface area (Å²) in [5.74, 6) is 0.416. The van der Waals surface area contributed by atoms with Crippen LogP contribution in [0.1, 0.15) is 25.3 Å². The number of fused-ring (bicyclic) bond motifs is 1. The first-order chi connectivity index (χ1) is 15.8. The van der Waals surface area contributed by atoms with Gasteiger partial charge in [-0.2, -0.15) is 13.2 Å². The van der Waals surface area contributed by atoms with Gasteiger partial charge in [-0.25, -0.2) is 9.78 Å². The standard InChI is InChI=1S/C23H26F3N5O2/c1-2-10-30-18-5-3-4-6-19(18)31(22(30)33)11-9-21(32)29-14-12-28(13-15-29)20-8-7-17(16-27-20)23(24,25)26/h3-8,16H,2,9-15H2,1H3. The molecule has 1 fully saturated rings. The van der Waals surface area contributed by atoms with Gasteiger partial charge >= 0.3 is 11.9 Å². The number of alkyl halides is 3. The lowest BCUT2D eigenvalue weighted by Gasteiger charge is -2.35. The SMILES string of the molecule is CCCn1c(=O)n(CCC(=O)N2CCN(c3ccc(C(F)(F)F)cn3)CC2)c2ccccc21. The van der Waals surface area contributed by atoms with Gasteiger partial charge in [0.2, 0.25) is 5.91 Å². The van der Waals surface area contributed by atoms with Crippen molar-refractivity contribution in [3.05, 3.63) is 58.6 Å². The predicted octanol–water partition coefficient (Wildman–Crippen LogP) is 3.37. The number of halogens is 3. The minimum absolute atomic E-state index is 0.0470. The first-order valence-electron chi connectivity index (χ1n) is 11.0. The Balaban J connectivity index is 1.37. The number of carbonyl (C=O) groups is 1. The fourth-order valence-electron chi connectivity index (χ4n) is 4.22. The lowest BCUT2D eigenvalue weighted by atomic mass is 10.2. The molecular weight excluding hydrogens is 435 g/mol. The molecule has 1 amide bonds. The Hall–Kier alpha value is -3.30. The van der Waals surface area contributed by atoms with Crippen molar-refractivity contribution >= 4 is 22.8 Å². The molecule has 2 aromatic heterocycles. The van der Waals surface area contributed by atoms with Gasteiger partial charge in [0.1, 0.15) is 5.82 Å². The highest BCUT2D eigenvalue weighted by atomic mass is 19.4. The molecule has 1 saturated heterocycles. The number of pyridine rings is 1. The maximum atomic E-state index is 12.9. The second-order valence-electron chi connectivity index (χ2n) is 8.10. The summed E-state index contributed by atoms with van der Waals surface area (Å²) in [7, 11) is 0. The lowest BCUT2D eigenvalue weighted by Crippen LogP contribution is -2.49. The van der Waals surface area contributed by atoms with E-state index < -0.39 is 11.7 Å². The predicted molar refractivity (Wildman–Crippen MR) is 119 cm³/mol. The molecule has 3 aromatic rings. The molecule has 1 aliphatic heterocycles. The van der Waals surface area contributed by atoms with Crippen molar-refractivity contribution < 1.29 is 18.0 Å². The molecule has 0 bridgehead atoms. The number of para-hydroxylation sites is 2. The minimum atomic E-state index is -4.42.